The fourth-order valence-corrected chi connectivity index (χ4v) is 2.70. The molecule has 0 amide bonds. The summed E-state index contributed by atoms with van der Waals surface area (Å²) in [6, 6.07) is 8.42. The number of benzene rings is 1. The molecule has 1 atom stereocenters. The fraction of sp³-hybridized carbons (Fsp3) is 0.333. The number of nitrogens with zero attached hydrogens (tertiary/aromatic N) is 2. The van der Waals surface area contributed by atoms with Crippen molar-refractivity contribution in [3.05, 3.63) is 52.7 Å². The van der Waals surface area contributed by atoms with Gasteiger partial charge in [0.2, 0.25) is 0 Å². The third-order valence-electron chi connectivity index (χ3n) is 3.77. The Balaban J connectivity index is 1.93. The number of aryl methyl sites for hydroxylation is 2. The second-order valence-electron chi connectivity index (χ2n) is 5.07. The van der Waals surface area contributed by atoms with Crippen LogP contribution in [0, 0.1) is 12.7 Å². The molecule has 1 unspecified atom stereocenters. The van der Waals surface area contributed by atoms with Crippen LogP contribution in [0.3, 0.4) is 0 Å². The number of aromatic nitrogens is 2. The average Bonchev–Trinajstić information content (AvgIpc) is 2.43. The van der Waals surface area contributed by atoms with Crippen LogP contribution in [0.2, 0.25) is 0 Å². The minimum Gasteiger partial charge on any atom is -0.381 e. The number of nitrogens with two attached hydrogens (primary N) is 1. The molecule has 98 valence electrons. The standard InChI is InChI=1S/C15H16FN3/c1-9-13(16)14(17)19-15(18-9)12-7-6-10-4-2-3-5-11(10)8-12/h2-5,12H,6-8H2,1H3,(H2,17,18,19). The molecule has 3 nitrogen and oxygen atoms in total. The number of fused-ring (bicyclic) bond motifs is 1. The third kappa shape index (κ3) is 2.18. The zero-order chi connectivity index (χ0) is 13.4. The summed E-state index contributed by atoms with van der Waals surface area (Å²) >= 11 is 0. The monoisotopic (exact) mass is 257 g/mol. The molecule has 1 aromatic carbocycles. The number of nitrogen functional groups attached to an aromatic ring is 1. The van der Waals surface area contributed by atoms with Crippen molar-refractivity contribution in [2.24, 2.45) is 0 Å². The average molecular weight is 257 g/mol. The first-order chi connectivity index (χ1) is 9.15. The van der Waals surface area contributed by atoms with Crippen molar-refractivity contribution in [1.82, 2.24) is 9.97 Å². The maximum atomic E-state index is 13.5. The van der Waals surface area contributed by atoms with Gasteiger partial charge < -0.3 is 5.73 Å². The summed E-state index contributed by atoms with van der Waals surface area (Å²) in [7, 11) is 0. The van der Waals surface area contributed by atoms with Gasteiger partial charge in [-0.3, -0.25) is 0 Å². The molecule has 1 aliphatic carbocycles. The first kappa shape index (κ1) is 12.1. The number of rotatable bonds is 1. The molecular weight excluding hydrogens is 241 g/mol. The molecule has 0 bridgehead atoms. The summed E-state index contributed by atoms with van der Waals surface area (Å²) in [5.74, 6) is 0.365. The van der Waals surface area contributed by atoms with Gasteiger partial charge in [-0.2, -0.15) is 0 Å². The van der Waals surface area contributed by atoms with E-state index in [1.54, 1.807) is 6.92 Å². The molecule has 0 saturated heterocycles. The summed E-state index contributed by atoms with van der Waals surface area (Å²) in [4.78, 5) is 8.39. The van der Waals surface area contributed by atoms with Crippen LogP contribution in [0.5, 0.6) is 0 Å². The van der Waals surface area contributed by atoms with Crippen molar-refractivity contribution in [2.75, 3.05) is 5.73 Å². The summed E-state index contributed by atoms with van der Waals surface area (Å²) in [6.45, 7) is 1.63. The molecule has 0 radical (unpaired) electrons. The Hall–Kier alpha value is -1.97. The lowest BCUT2D eigenvalue weighted by Crippen LogP contribution is -2.17. The molecule has 2 aromatic rings. The maximum Gasteiger partial charge on any atom is 0.186 e. The van der Waals surface area contributed by atoms with E-state index in [4.69, 9.17) is 5.73 Å². The van der Waals surface area contributed by atoms with Crippen molar-refractivity contribution >= 4 is 5.82 Å². The van der Waals surface area contributed by atoms with E-state index in [-0.39, 0.29) is 11.7 Å². The summed E-state index contributed by atoms with van der Waals surface area (Å²) in [6.07, 6.45) is 2.91. The van der Waals surface area contributed by atoms with E-state index >= 15 is 0 Å². The van der Waals surface area contributed by atoms with Crippen LogP contribution in [0.1, 0.15) is 35.0 Å². The zero-order valence-corrected chi connectivity index (χ0v) is 10.9. The number of halogens is 1. The highest BCUT2D eigenvalue weighted by Gasteiger charge is 2.23. The zero-order valence-electron chi connectivity index (χ0n) is 10.9. The van der Waals surface area contributed by atoms with Crippen LogP contribution < -0.4 is 5.73 Å². The van der Waals surface area contributed by atoms with Gasteiger partial charge in [-0.25, -0.2) is 14.4 Å². The van der Waals surface area contributed by atoms with E-state index in [1.807, 2.05) is 6.07 Å². The van der Waals surface area contributed by atoms with Gasteiger partial charge >= 0.3 is 0 Å². The van der Waals surface area contributed by atoms with Gasteiger partial charge in [-0.05, 0) is 37.3 Å². The Morgan fingerprint density at radius 2 is 1.95 bits per heavy atom. The molecule has 1 heterocycles. The van der Waals surface area contributed by atoms with Gasteiger partial charge in [0.25, 0.3) is 0 Å². The summed E-state index contributed by atoms with van der Waals surface area (Å²) < 4.78 is 13.5. The van der Waals surface area contributed by atoms with Crippen LogP contribution >= 0.6 is 0 Å². The fourth-order valence-electron chi connectivity index (χ4n) is 2.70. The minimum atomic E-state index is -0.500. The topological polar surface area (TPSA) is 51.8 Å². The van der Waals surface area contributed by atoms with Crippen LogP contribution in [0.25, 0.3) is 0 Å². The summed E-state index contributed by atoms with van der Waals surface area (Å²) in [5, 5.41) is 0. The van der Waals surface area contributed by atoms with Crippen molar-refractivity contribution < 1.29 is 4.39 Å². The second-order valence-corrected chi connectivity index (χ2v) is 5.07. The first-order valence-corrected chi connectivity index (χ1v) is 6.51. The lowest BCUT2D eigenvalue weighted by atomic mass is 9.83. The lowest BCUT2D eigenvalue weighted by Gasteiger charge is -2.23. The lowest BCUT2D eigenvalue weighted by molar-refractivity contribution is 0.540. The van der Waals surface area contributed by atoms with E-state index in [1.165, 1.54) is 11.1 Å². The van der Waals surface area contributed by atoms with Gasteiger partial charge in [0, 0.05) is 5.92 Å². The molecule has 3 rings (SSSR count). The highest BCUT2D eigenvalue weighted by atomic mass is 19.1. The number of hydrogen-bond donors (Lipinski definition) is 1. The van der Waals surface area contributed by atoms with Crippen LogP contribution in [0.15, 0.2) is 24.3 Å². The van der Waals surface area contributed by atoms with E-state index in [0.29, 0.717) is 11.5 Å². The van der Waals surface area contributed by atoms with Crippen LogP contribution in [-0.4, -0.2) is 9.97 Å². The molecule has 0 aliphatic heterocycles. The molecule has 0 spiro atoms. The predicted molar refractivity (Wildman–Crippen MR) is 72.3 cm³/mol. The molecule has 4 heteroatoms. The van der Waals surface area contributed by atoms with Gasteiger partial charge in [-0.1, -0.05) is 24.3 Å². The Kier molecular flexibility index (Phi) is 2.93. The SMILES string of the molecule is Cc1nc(C2CCc3ccccc3C2)nc(N)c1F. The Bertz CT molecular complexity index is 602. The van der Waals surface area contributed by atoms with Crippen LogP contribution in [-0.2, 0) is 12.8 Å². The van der Waals surface area contributed by atoms with Gasteiger partial charge in [-0.15, -0.1) is 0 Å². The maximum absolute atomic E-state index is 13.5. The van der Waals surface area contributed by atoms with Gasteiger partial charge in [0.05, 0.1) is 5.69 Å². The van der Waals surface area contributed by atoms with Crippen molar-refractivity contribution in [2.45, 2.75) is 32.1 Å². The quantitative estimate of drug-likeness (QED) is 0.854. The van der Waals surface area contributed by atoms with E-state index < -0.39 is 5.82 Å². The van der Waals surface area contributed by atoms with Crippen molar-refractivity contribution in [3.63, 3.8) is 0 Å². The molecule has 19 heavy (non-hydrogen) atoms. The minimum absolute atomic E-state index is 0.0404. The van der Waals surface area contributed by atoms with E-state index in [2.05, 4.69) is 28.2 Å². The molecule has 1 aliphatic rings. The Labute approximate surface area is 111 Å². The molecule has 2 N–H and O–H groups in total. The number of anilines is 1. The summed E-state index contributed by atoms with van der Waals surface area (Å²) in [5.41, 5.74) is 8.66. The molecular formula is C15H16FN3. The first-order valence-electron chi connectivity index (χ1n) is 6.51. The van der Waals surface area contributed by atoms with Gasteiger partial charge in [0.15, 0.2) is 11.6 Å². The molecule has 0 saturated carbocycles. The smallest absolute Gasteiger partial charge is 0.186 e. The van der Waals surface area contributed by atoms with Crippen molar-refractivity contribution in [3.8, 4) is 0 Å². The van der Waals surface area contributed by atoms with E-state index in [0.717, 1.165) is 19.3 Å². The normalized spacial score (nSPS) is 18.1. The van der Waals surface area contributed by atoms with Crippen LogP contribution in [0.4, 0.5) is 10.2 Å². The Morgan fingerprint density at radius 1 is 1.21 bits per heavy atom. The van der Waals surface area contributed by atoms with Crippen molar-refractivity contribution in [1.29, 1.82) is 0 Å². The highest BCUT2D eigenvalue weighted by molar-refractivity contribution is 5.35. The largest absolute Gasteiger partial charge is 0.381 e. The second kappa shape index (κ2) is 4.61. The molecule has 0 fully saturated rings. The highest BCUT2D eigenvalue weighted by Crippen LogP contribution is 2.31. The predicted octanol–water partition coefficient (Wildman–Crippen LogP) is 2.78. The molecule has 1 aromatic heterocycles. The van der Waals surface area contributed by atoms with Gasteiger partial charge in [0.1, 0.15) is 5.82 Å². The number of hydrogen-bond acceptors (Lipinski definition) is 3. The third-order valence-corrected chi connectivity index (χ3v) is 3.77. The Morgan fingerprint density at radius 3 is 2.68 bits per heavy atom. The van der Waals surface area contributed by atoms with E-state index in [9.17, 15) is 4.39 Å².